The van der Waals surface area contributed by atoms with E-state index in [1.807, 2.05) is 19.2 Å². The topological polar surface area (TPSA) is 42.1 Å². The van der Waals surface area contributed by atoms with Gasteiger partial charge in [0.2, 0.25) is 0 Å². The quantitative estimate of drug-likeness (QED) is 0.799. The van der Waals surface area contributed by atoms with Crippen LogP contribution < -0.4 is 10.6 Å². The van der Waals surface area contributed by atoms with Crippen LogP contribution >= 0.6 is 0 Å². The molecule has 0 spiro atoms. The summed E-state index contributed by atoms with van der Waals surface area (Å²) < 4.78 is 0. The molecule has 1 rings (SSSR count). The van der Waals surface area contributed by atoms with Crippen molar-refractivity contribution in [3.63, 3.8) is 0 Å². The number of nitrogen functional groups attached to an aromatic ring is 1. The van der Waals surface area contributed by atoms with Gasteiger partial charge in [-0.2, -0.15) is 0 Å². The second-order valence-corrected chi connectivity index (χ2v) is 4.02. The van der Waals surface area contributed by atoms with E-state index in [1.165, 1.54) is 0 Å². The number of aromatic nitrogens is 1. The number of anilines is 2. The Morgan fingerprint density at radius 2 is 1.93 bits per heavy atom. The molecule has 3 nitrogen and oxygen atoms in total. The van der Waals surface area contributed by atoms with Gasteiger partial charge in [0.1, 0.15) is 11.6 Å². The zero-order valence-electron chi connectivity index (χ0n) is 9.36. The number of pyridine rings is 1. The molecule has 1 heterocycles. The lowest BCUT2D eigenvalue weighted by Crippen LogP contribution is -2.33. The number of rotatable bonds is 3. The molecule has 2 N–H and O–H groups in total. The maximum atomic E-state index is 5.63. The highest BCUT2D eigenvalue weighted by Gasteiger charge is 2.14. The Morgan fingerprint density at radius 3 is 2.43 bits per heavy atom. The fraction of sp³-hybridized carbons (Fsp3) is 0.545. The molecule has 0 aliphatic carbocycles. The summed E-state index contributed by atoms with van der Waals surface area (Å²) in [5.74, 6) is 2.11. The number of hydrogen-bond acceptors (Lipinski definition) is 3. The molecular formula is C11H19N3. The predicted octanol–water partition coefficient (Wildman–Crippen LogP) is 2.14. The van der Waals surface area contributed by atoms with Crippen LogP contribution in [0.4, 0.5) is 11.6 Å². The second kappa shape index (κ2) is 4.31. The minimum absolute atomic E-state index is 0.462. The van der Waals surface area contributed by atoms with Crippen molar-refractivity contribution in [2.24, 2.45) is 5.92 Å². The third kappa shape index (κ3) is 2.37. The van der Waals surface area contributed by atoms with Crippen molar-refractivity contribution in [3.05, 3.63) is 18.2 Å². The van der Waals surface area contributed by atoms with Crippen LogP contribution in [0.2, 0.25) is 0 Å². The van der Waals surface area contributed by atoms with Gasteiger partial charge in [0, 0.05) is 13.1 Å². The molecule has 0 amide bonds. The van der Waals surface area contributed by atoms with Crippen LogP contribution in [0.25, 0.3) is 0 Å². The molecule has 0 radical (unpaired) electrons. The maximum Gasteiger partial charge on any atom is 0.130 e. The van der Waals surface area contributed by atoms with Gasteiger partial charge in [-0.05, 0) is 25.0 Å². The zero-order valence-corrected chi connectivity index (χ0v) is 9.36. The standard InChI is InChI=1S/C11H19N3/c1-8(2)9(3)14(4)11-7-5-6-10(12)13-11/h5-9H,1-4H3,(H2,12,13). The summed E-state index contributed by atoms with van der Waals surface area (Å²) in [6.45, 7) is 6.59. The molecule has 1 aromatic heterocycles. The van der Waals surface area contributed by atoms with Gasteiger partial charge in [-0.1, -0.05) is 19.9 Å². The maximum absolute atomic E-state index is 5.63. The van der Waals surface area contributed by atoms with Crippen LogP contribution in [0.1, 0.15) is 20.8 Å². The molecule has 0 aliphatic heterocycles. The summed E-state index contributed by atoms with van der Waals surface area (Å²) in [5, 5.41) is 0. The van der Waals surface area contributed by atoms with Gasteiger partial charge < -0.3 is 10.6 Å². The first-order valence-electron chi connectivity index (χ1n) is 4.97. The Morgan fingerprint density at radius 1 is 1.29 bits per heavy atom. The molecule has 1 atom stereocenters. The summed E-state index contributed by atoms with van der Waals surface area (Å²) in [6.07, 6.45) is 0. The van der Waals surface area contributed by atoms with E-state index in [0.29, 0.717) is 17.8 Å². The first-order chi connectivity index (χ1) is 6.52. The largest absolute Gasteiger partial charge is 0.384 e. The second-order valence-electron chi connectivity index (χ2n) is 4.02. The van der Waals surface area contributed by atoms with E-state index in [0.717, 1.165) is 5.82 Å². The van der Waals surface area contributed by atoms with Crippen LogP contribution in [-0.2, 0) is 0 Å². The molecule has 1 unspecified atom stereocenters. The molecule has 0 saturated carbocycles. The van der Waals surface area contributed by atoms with Crippen molar-refractivity contribution < 1.29 is 0 Å². The summed E-state index contributed by atoms with van der Waals surface area (Å²) in [4.78, 5) is 6.43. The van der Waals surface area contributed by atoms with Crippen molar-refractivity contribution in [2.75, 3.05) is 17.7 Å². The van der Waals surface area contributed by atoms with Gasteiger partial charge >= 0.3 is 0 Å². The Balaban J connectivity index is 2.83. The molecule has 0 fully saturated rings. The van der Waals surface area contributed by atoms with Crippen molar-refractivity contribution in [1.29, 1.82) is 0 Å². The molecule has 0 aliphatic rings. The molecule has 1 aromatic rings. The monoisotopic (exact) mass is 193 g/mol. The van der Waals surface area contributed by atoms with Crippen LogP contribution in [0.3, 0.4) is 0 Å². The predicted molar refractivity (Wildman–Crippen MR) is 61.4 cm³/mol. The molecule has 0 bridgehead atoms. The fourth-order valence-corrected chi connectivity index (χ4v) is 1.29. The Kier molecular flexibility index (Phi) is 3.33. The van der Waals surface area contributed by atoms with Crippen LogP contribution in [0.15, 0.2) is 18.2 Å². The van der Waals surface area contributed by atoms with Gasteiger partial charge in [0.25, 0.3) is 0 Å². The van der Waals surface area contributed by atoms with E-state index in [2.05, 4.69) is 30.7 Å². The zero-order chi connectivity index (χ0) is 10.7. The lowest BCUT2D eigenvalue weighted by molar-refractivity contribution is 0.503. The molecule has 14 heavy (non-hydrogen) atoms. The van der Waals surface area contributed by atoms with E-state index in [9.17, 15) is 0 Å². The van der Waals surface area contributed by atoms with E-state index in [4.69, 9.17) is 5.73 Å². The van der Waals surface area contributed by atoms with Gasteiger partial charge in [-0.15, -0.1) is 0 Å². The van der Waals surface area contributed by atoms with Gasteiger partial charge in [-0.3, -0.25) is 0 Å². The first kappa shape index (κ1) is 10.8. The number of hydrogen-bond donors (Lipinski definition) is 1. The smallest absolute Gasteiger partial charge is 0.130 e. The average molecular weight is 193 g/mol. The van der Waals surface area contributed by atoms with Crippen molar-refractivity contribution in [2.45, 2.75) is 26.8 Å². The third-order valence-electron chi connectivity index (χ3n) is 2.69. The highest BCUT2D eigenvalue weighted by molar-refractivity contribution is 5.44. The van der Waals surface area contributed by atoms with Crippen molar-refractivity contribution in [1.82, 2.24) is 4.98 Å². The highest BCUT2D eigenvalue weighted by atomic mass is 15.2. The van der Waals surface area contributed by atoms with Crippen molar-refractivity contribution >= 4 is 11.6 Å². The molecule has 3 heteroatoms. The molecule has 78 valence electrons. The van der Waals surface area contributed by atoms with Crippen LogP contribution in [0.5, 0.6) is 0 Å². The van der Waals surface area contributed by atoms with Crippen LogP contribution in [0, 0.1) is 5.92 Å². The lowest BCUT2D eigenvalue weighted by Gasteiger charge is -2.28. The molecule has 0 saturated heterocycles. The Bertz CT molecular complexity index is 296. The fourth-order valence-electron chi connectivity index (χ4n) is 1.29. The van der Waals surface area contributed by atoms with E-state index >= 15 is 0 Å². The van der Waals surface area contributed by atoms with Crippen molar-refractivity contribution in [3.8, 4) is 0 Å². The number of nitrogens with two attached hydrogens (primary N) is 1. The van der Waals surface area contributed by atoms with Crippen LogP contribution in [-0.4, -0.2) is 18.1 Å². The molecular weight excluding hydrogens is 174 g/mol. The molecule has 0 aromatic carbocycles. The first-order valence-corrected chi connectivity index (χ1v) is 4.97. The summed E-state index contributed by atoms with van der Waals surface area (Å²) in [7, 11) is 2.05. The minimum atomic E-state index is 0.462. The summed E-state index contributed by atoms with van der Waals surface area (Å²) >= 11 is 0. The summed E-state index contributed by atoms with van der Waals surface area (Å²) in [5.41, 5.74) is 5.63. The lowest BCUT2D eigenvalue weighted by atomic mass is 10.1. The SMILES string of the molecule is CC(C)C(C)N(C)c1cccc(N)n1. The van der Waals surface area contributed by atoms with E-state index < -0.39 is 0 Å². The van der Waals surface area contributed by atoms with Gasteiger partial charge in [0.05, 0.1) is 0 Å². The Labute approximate surface area is 85.9 Å². The average Bonchev–Trinajstić information content (AvgIpc) is 2.15. The minimum Gasteiger partial charge on any atom is -0.384 e. The van der Waals surface area contributed by atoms with E-state index in [1.54, 1.807) is 6.07 Å². The highest BCUT2D eigenvalue weighted by Crippen LogP contribution is 2.17. The third-order valence-corrected chi connectivity index (χ3v) is 2.69. The van der Waals surface area contributed by atoms with Gasteiger partial charge in [-0.25, -0.2) is 4.98 Å². The number of nitrogens with zero attached hydrogens (tertiary/aromatic N) is 2. The van der Waals surface area contributed by atoms with Gasteiger partial charge in [0.15, 0.2) is 0 Å². The Hall–Kier alpha value is -1.25. The summed E-state index contributed by atoms with van der Waals surface area (Å²) in [6, 6.07) is 6.18. The normalized spacial score (nSPS) is 12.9. The van der Waals surface area contributed by atoms with E-state index in [-0.39, 0.29) is 0 Å².